The van der Waals surface area contributed by atoms with Gasteiger partial charge in [0.05, 0.1) is 23.3 Å². The highest BCUT2D eigenvalue weighted by molar-refractivity contribution is 6.02. The van der Waals surface area contributed by atoms with Gasteiger partial charge in [0.15, 0.2) is 0 Å². The maximum absolute atomic E-state index is 11.2. The van der Waals surface area contributed by atoms with Gasteiger partial charge in [0.2, 0.25) is 0 Å². The number of anilines is 1. The van der Waals surface area contributed by atoms with E-state index in [1.165, 1.54) is 0 Å². The van der Waals surface area contributed by atoms with Crippen LogP contribution in [0.2, 0.25) is 0 Å². The Balaban J connectivity index is 1.86. The summed E-state index contributed by atoms with van der Waals surface area (Å²) < 4.78 is 0. The minimum atomic E-state index is -0.948. The molecule has 0 fully saturated rings. The number of fused-ring (bicyclic) bond motifs is 1. The van der Waals surface area contributed by atoms with Crippen LogP contribution in [0.3, 0.4) is 0 Å². The zero-order valence-corrected chi connectivity index (χ0v) is 11.2. The van der Waals surface area contributed by atoms with Crippen molar-refractivity contribution in [2.45, 2.75) is 6.54 Å². The van der Waals surface area contributed by atoms with Crippen molar-refractivity contribution in [1.82, 2.24) is 9.97 Å². The maximum Gasteiger partial charge on any atom is 0.336 e. The molecule has 0 radical (unpaired) electrons. The van der Waals surface area contributed by atoms with Crippen LogP contribution in [-0.4, -0.2) is 21.0 Å². The van der Waals surface area contributed by atoms with Gasteiger partial charge in [0, 0.05) is 11.6 Å². The number of hydrogen-bond donors (Lipinski definition) is 2. The minimum absolute atomic E-state index is 0.260. The molecule has 2 aromatic heterocycles. The second-order valence-corrected chi connectivity index (χ2v) is 4.55. The van der Waals surface area contributed by atoms with Crippen LogP contribution >= 0.6 is 0 Å². The molecular weight excluding hydrogens is 266 g/mol. The molecule has 0 bridgehead atoms. The minimum Gasteiger partial charge on any atom is -0.478 e. The van der Waals surface area contributed by atoms with Crippen molar-refractivity contribution in [3.8, 4) is 0 Å². The zero-order chi connectivity index (χ0) is 14.7. The summed E-state index contributed by atoms with van der Waals surface area (Å²) in [7, 11) is 0. The molecule has 0 unspecified atom stereocenters. The number of benzene rings is 1. The number of carboxylic acids is 1. The number of pyridine rings is 2. The number of hydrogen-bond acceptors (Lipinski definition) is 4. The molecule has 0 saturated heterocycles. The number of carbonyl (C=O) groups is 1. The third-order valence-corrected chi connectivity index (χ3v) is 3.14. The molecule has 0 amide bonds. The first-order valence-corrected chi connectivity index (χ1v) is 6.51. The van der Waals surface area contributed by atoms with Gasteiger partial charge in [0.1, 0.15) is 5.82 Å². The van der Waals surface area contributed by atoms with Crippen molar-refractivity contribution < 1.29 is 9.90 Å². The topological polar surface area (TPSA) is 75.1 Å². The van der Waals surface area contributed by atoms with Gasteiger partial charge in [-0.15, -0.1) is 0 Å². The van der Waals surface area contributed by atoms with E-state index in [2.05, 4.69) is 15.3 Å². The molecule has 2 N–H and O–H groups in total. The van der Waals surface area contributed by atoms with E-state index in [1.807, 2.05) is 18.2 Å². The molecule has 0 spiro atoms. The van der Waals surface area contributed by atoms with Crippen LogP contribution in [0, 0.1) is 0 Å². The van der Waals surface area contributed by atoms with Crippen LogP contribution in [0.4, 0.5) is 5.82 Å². The van der Waals surface area contributed by atoms with E-state index in [1.54, 1.807) is 36.5 Å². The Morgan fingerprint density at radius 3 is 2.76 bits per heavy atom. The zero-order valence-electron chi connectivity index (χ0n) is 11.2. The van der Waals surface area contributed by atoms with Gasteiger partial charge in [0.25, 0.3) is 0 Å². The first-order chi connectivity index (χ1) is 10.2. The molecule has 5 nitrogen and oxygen atoms in total. The molecule has 0 aliphatic carbocycles. The Bertz CT molecular complexity index is 788. The van der Waals surface area contributed by atoms with Crippen molar-refractivity contribution in [1.29, 1.82) is 0 Å². The lowest BCUT2D eigenvalue weighted by Crippen LogP contribution is -2.03. The maximum atomic E-state index is 11.2. The molecular formula is C16H13N3O2. The van der Waals surface area contributed by atoms with Crippen LogP contribution in [0.15, 0.2) is 54.7 Å². The highest BCUT2D eigenvalue weighted by atomic mass is 16.4. The molecule has 0 aliphatic heterocycles. The lowest BCUT2D eigenvalue weighted by atomic mass is 10.1. The third kappa shape index (κ3) is 2.81. The van der Waals surface area contributed by atoms with Crippen molar-refractivity contribution in [2.75, 3.05) is 5.32 Å². The van der Waals surface area contributed by atoms with Crippen molar-refractivity contribution in [2.24, 2.45) is 0 Å². The Labute approximate surface area is 121 Å². The van der Waals surface area contributed by atoms with Gasteiger partial charge in [-0.05, 0) is 36.4 Å². The molecule has 3 aromatic rings. The summed E-state index contributed by atoms with van der Waals surface area (Å²) >= 11 is 0. The summed E-state index contributed by atoms with van der Waals surface area (Å²) in [5, 5.41) is 13.0. The highest BCUT2D eigenvalue weighted by Crippen LogP contribution is 2.19. The smallest absolute Gasteiger partial charge is 0.336 e. The molecule has 21 heavy (non-hydrogen) atoms. The van der Waals surface area contributed by atoms with Crippen molar-refractivity contribution >= 4 is 22.7 Å². The molecule has 0 atom stereocenters. The summed E-state index contributed by atoms with van der Waals surface area (Å²) in [5.41, 5.74) is 1.83. The molecule has 3 rings (SSSR count). The fourth-order valence-electron chi connectivity index (χ4n) is 2.12. The standard InChI is InChI=1S/C16H13N3O2/c20-16(21)13-5-3-6-14-12(13)7-8-15(19-14)18-10-11-4-1-2-9-17-11/h1-9H,10H2,(H,18,19)(H,20,21). The van der Waals surface area contributed by atoms with Gasteiger partial charge in [-0.25, -0.2) is 9.78 Å². The predicted octanol–water partition coefficient (Wildman–Crippen LogP) is 2.94. The molecule has 5 heteroatoms. The Hall–Kier alpha value is -2.95. The predicted molar refractivity (Wildman–Crippen MR) is 80.3 cm³/mol. The van der Waals surface area contributed by atoms with Gasteiger partial charge in [-0.2, -0.15) is 0 Å². The van der Waals surface area contributed by atoms with Gasteiger partial charge >= 0.3 is 5.97 Å². The normalized spacial score (nSPS) is 10.5. The van der Waals surface area contributed by atoms with E-state index in [4.69, 9.17) is 5.11 Å². The number of aromatic carboxylic acids is 1. The number of aromatic nitrogens is 2. The summed E-state index contributed by atoms with van der Waals surface area (Å²) in [6, 6.07) is 14.3. The van der Waals surface area contributed by atoms with E-state index >= 15 is 0 Å². The fourth-order valence-corrected chi connectivity index (χ4v) is 2.12. The SMILES string of the molecule is O=C(O)c1cccc2nc(NCc3ccccn3)ccc12. The molecule has 1 aromatic carbocycles. The second-order valence-electron chi connectivity index (χ2n) is 4.55. The summed E-state index contributed by atoms with van der Waals surface area (Å²) in [4.78, 5) is 19.8. The number of nitrogens with one attached hydrogen (secondary N) is 1. The van der Waals surface area contributed by atoms with Gasteiger partial charge < -0.3 is 10.4 Å². The van der Waals surface area contributed by atoms with Gasteiger partial charge in [-0.3, -0.25) is 4.98 Å². The number of carboxylic acid groups (broad SMARTS) is 1. The Kier molecular flexibility index (Phi) is 3.47. The molecule has 2 heterocycles. The van der Waals surface area contributed by atoms with E-state index in [0.717, 1.165) is 5.69 Å². The van der Waals surface area contributed by atoms with Crippen LogP contribution in [-0.2, 0) is 6.54 Å². The summed E-state index contributed by atoms with van der Waals surface area (Å²) in [6.07, 6.45) is 1.74. The quantitative estimate of drug-likeness (QED) is 0.768. The lowest BCUT2D eigenvalue weighted by Gasteiger charge is -2.07. The summed E-state index contributed by atoms with van der Waals surface area (Å²) in [5.74, 6) is -0.257. The molecule has 104 valence electrons. The average molecular weight is 279 g/mol. The number of rotatable bonds is 4. The lowest BCUT2D eigenvalue weighted by molar-refractivity contribution is 0.0699. The second kappa shape index (κ2) is 5.58. The average Bonchev–Trinajstić information content (AvgIpc) is 2.53. The Morgan fingerprint density at radius 2 is 2.00 bits per heavy atom. The highest BCUT2D eigenvalue weighted by Gasteiger charge is 2.08. The van der Waals surface area contributed by atoms with Crippen molar-refractivity contribution in [3.63, 3.8) is 0 Å². The molecule has 0 saturated carbocycles. The summed E-state index contributed by atoms with van der Waals surface area (Å²) in [6.45, 7) is 0.567. The first-order valence-electron chi connectivity index (χ1n) is 6.51. The fraction of sp³-hybridized carbons (Fsp3) is 0.0625. The van der Waals surface area contributed by atoms with Crippen molar-refractivity contribution in [3.05, 3.63) is 66.0 Å². The van der Waals surface area contributed by atoms with Crippen LogP contribution in [0.25, 0.3) is 10.9 Å². The Morgan fingerprint density at radius 1 is 1.10 bits per heavy atom. The number of nitrogens with zero attached hydrogens (tertiary/aromatic N) is 2. The van der Waals surface area contributed by atoms with Crippen LogP contribution in [0.1, 0.15) is 16.1 Å². The first kappa shape index (κ1) is 13.1. The van der Waals surface area contributed by atoms with E-state index in [0.29, 0.717) is 23.3 Å². The van der Waals surface area contributed by atoms with E-state index < -0.39 is 5.97 Å². The third-order valence-electron chi connectivity index (χ3n) is 3.14. The molecule has 0 aliphatic rings. The van der Waals surface area contributed by atoms with Crippen LogP contribution in [0.5, 0.6) is 0 Å². The largest absolute Gasteiger partial charge is 0.478 e. The van der Waals surface area contributed by atoms with Crippen LogP contribution < -0.4 is 5.32 Å². The monoisotopic (exact) mass is 279 g/mol. The van der Waals surface area contributed by atoms with Gasteiger partial charge in [-0.1, -0.05) is 12.1 Å². The van der Waals surface area contributed by atoms with E-state index in [9.17, 15) is 4.79 Å². The van der Waals surface area contributed by atoms with E-state index in [-0.39, 0.29) is 5.56 Å².